The van der Waals surface area contributed by atoms with Crippen molar-refractivity contribution in [2.24, 2.45) is 22.7 Å². The first kappa shape index (κ1) is 15.8. The summed E-state index contributed by atoms with van der Waals surface area (Å²) in [5.41, 5.74) is 0.655. The summed E-state index contributed by atoms with van der Waals surface area (Å²) in [5.74, 6) is 0.546. The molecule has 0 amide bonds. The van der Waals surface area contributed by atoms with Gasteiger partial charge in [0.15, 0.2) is 5.79 Å². The monoisotopic (exact) mass is 296 g/mol. The van der Waals surface area contributed by atoms with E-state index in [0.717, 1.165) is 25.2 Å². The smallest absolute Gasteiger partial charge is 0.199 e. The van der Waals surface area contributed by atoms with Crippen molar-refractivity contribution in [1.29, 1.82) is 0 Å². The molecule has 3 aliphatic rings. The molecule has 3 fully saturated rings. The van der Waals surface area contributed by atoms with Crippen molar-refractivity contribution < 1.29 is 14.9 Å². The van der Waals surface area contributed by atoms with Crippen LogP contribution in [0.1, 0.15) is 79.6 Å². The minimum Gasteiger partial charge on any atom is -0.341 e. The van der Waals surface area contributed by atoms with Gasteiger partial charge in [0.25, 0.3) is 0 Å². The highest BCUT2D eigenvalue weighted by Gasteiger charge is 2.61. The molecule has 0 spiro atoms. The average molecular weight is 296 g/mol. The summed E-state index contributed by atoms with van der Waals surface area (Å²) in [6.07, 6.45) is 8.21. The fourth-order valence-corrected chi connectivity index (χ4v) is 6.38. The van der Waals surface area contributed by atoms with E-state index in [4.69, 9.17) is 4.74 Å². The summed E-state index contributed by atoms with van der Waals surface area (Å²) in [6.45, 7) is 11.5. The Morgan fingerprint density at radius 1 is 0.905 bits per heavy atom. The van der Waals surface area contributed by atoms with Gasteiger partial charge in [-0.25, -0.2) is 10.1 Å². The first-order valence-corrected chi connectivity index (χ1v) is 8.68. The molecule has 1 N–H and O–H groups in total. The van der Waals surface area contributed by atoms with Gasteiger partial charge >= 0.3 is 0 Å². The van der Waals surface area contributed by atoms with E-state index in [9.17, 15) is 5.26 Å². The molecule has 1 heterocycles. The van der Waals surface area contributed by atoms with Gasteiger partial charge in [-0.05, 0) is 68.6 Å². The van der Waals surface area contributed by atoms with E-state index >= 15 is 0 Å². The Balaban J connectivity index is 1.93. The van der Waals surface area contributed by atoms with Crippen LogP contribution in [0.25, 0.3) is 0 Å². The third kappa shape index (κ3) is 2.27. The second kappa shape index (κ2) is 4.69. The molecule has 2 aliphatic carbocycles. The van der Waals surface area contributed by atoms with Gasteiger partial charge in [0, 0.05) is 6.42 Å². The van der Waals surface area contributed by atoms with Crippen molar-refractivity contribution in [3.05, 3.63) is 0 Å². The lowest BCUT2D eigenvalue weighted by Gasteiger charge is -2.64. The van der Waals surface area contributed by atoms with Gasteiger partial charge in [0.1, 0.15) is 0 Å². The first-order valence-electron chi connectivity index (χ1n) is 8.68. The summed E-state index contributed by atoms with van der Waals surface area (Å²) < 4.78 is 6.32. The highest BCUT2D eigenvalue weighted by Crippen LogP contribution is 2.65. The van der Waals surface area contributed by atoms with Gasteiger partial charge < -0.3 is 4.74 Å². The molecule has 0 radical (unpaired) electrons. The van der Waals surface area contributed by atoms with E-state index in [1.54, 1.807) is 0 Å². The van der Waals surface area contributed by atoms with Crippen LogP contribution in [0.2, 0.25) is 0 Å². The molecule has 1 aliphatic heterocycles. The minimum absolute atomic E-state index is 0.158. The molecule has 122 valence electrons. The van der Waals surface area contributed by atoms with Crippen LogP contribution in [0, 0.1) is 22.7 Å². The molecule has 0 aromatic heterocycles. The van der Waals surface area contributed by atoms with Crippen molar-refractivity contribution in [3.8, 4) is 0 Å². The normalized spacial score (nSPS) is 52.9. The Bertz CT molecular complexity index is 421. The van der Waals surface area contributed by atoms with E-state index in [0.29, 0.717) is 16.7 Å². The molecule has 5 atom stereocenters. The first-order chi connectivity index (χ1) is 9.65. The quantitative estimate of drug-likeness (QED) is 0.546. The Morgan fingerprint density at radius 3 is 2.24 bits per heavy atom. The largest absolute Gasteiger partial charge is 0.341 e. The van der Waals surface area contributed by atoms with Crippen molar-refractivity contribution >= 4 is 0 Å². The molecule has 3 rings (SSSR count). The van der Waals surface area contributed by atoms with Crippen LogP contribution in [0.5, 0.6) is 0 Å². The molecule has 0 bridgehead atoms. The number of fused-ring (bicyclic) bond motifs is 3. The van der Waals surface area contributed by atoms with E-state index in [2.05, 4.69) is 32.6 Å². The highest BCUT2D eigenvalue weighted by atomic mass is 17.1. The van der Waals surface area contributed by atoms with E-state index in [-0.39, 0.29) is 5.60 Å². The fraction of sp³-hybridized carbons (Fsp3) is 1.00. The van der Waals surface area contributed by atoms with Gasteiger partial charge in [0.2, 0.25) is 0 Å². The van der Waals surface area contributed by atoms with Gasteiger partial charge in [0.05, 0.1) is 5.60 Å². The van der Waals surface area contributed by atoms with Crippen LogP contribution in [0.15, 0.2) is 0 Å². The van der Waals surface area contributed by atoms with Crippen molar-refractivity contribution in [2.75, 3.05) is 0 Å². The topological polar surface area (TPSA) is 38.7 Å². The molecular formula is C18H32O3. The average Bonchev–Trinajstić information content (AvgIpc) is 2.36. The number of rotatable bonds is 1. The number of hydrogen-bond acceptors (Lipinski definition) is 3. The molecule has 2 saturated carbocycles. The summed E-state index contributed by atoms with van der Waals surface area (Å²) in [6, 6.07) is 0. The van der Waals surface area contributed by atoms with Crippen LogP contribution < -0.4 is 0 Å². The summed E-state index contributed by atoms with van der Waals surface area (Å²) in [7, 11) is 0. The van der Waals surface area contributed by atoms with Crippen LogP contribution in [0.3, 0.4) is 0 Å². The number of ether oxygens (including phenoxy) is 1. The fourth-order valence-electron chi connectivity index (χ4n) is 6.38. The van der Waals surface area contributed by atoms with Crippen molar-refractivity contribution in [2.45, 2.75) is 91.0 Å². The Morgan fingerprint density at radius 2 is 1.57 bits per heavy atom. The molecule has 21 heavy (non-hydrogen) atoms. The van der Waals surface area contributed by atoms with E-state index in [1.165, 1.54) is 25.7 Å². The Hall–Kier alpha value is -0.120. The zero-order chi connectivity index (χ0) is 15.5. The maximum atomic E-state index is 9.21. The van der Waals surface area contributed by atoms with Crippen molar-refractivity contribution in [1.82, 2.24) is 0 Å². The maximum Gasteiger partial charge on any atom is 0.199 e. The third-order valence-electron chi connectivity index (χ3n) is 7.27. The zero-order valence-electron chi connectivity index (χ0n) is 14.4. The third-order valence-corrected chi connectivity index (χ3v) is 7.27. The van der Waals surface area contributed by atoms with Crippen LogP contribution in [-0.2, 0) is 9.62 Å². The van der Waals surface area contributed by atoms with Crippen molar-refractivity contribution in [3.63, 3.8) is 0 Å². The SMILES string of the molecule is CC1(OO)CCC2[C@@](C)(CC[C@H]3C(C)(C)CCC[C@]23C)O1. The van der Waals surface area contributed by atoms with Crippen LogP contribution >= 0.6 is 0 Å². The summed E-state index contributed by atoms with van der Waals surface area (Å²) in [4.78, 5) is 4.68. The molecule has 0 aromatic rings. The second-order valence-electron chi connectivity index (χ2n) is 9.17. The highest BCUT2D eigenvalue weighted by molar-refractivity contribution is 5.09. The minimum atomic E-state index is -0.821. The lowest BCUT2D eigenvalue weighted by Crippen LogP contribution is -2.63. The van der Waals surface area contributed by atoms with Gasteiger partial charge in [-0.2, -0.15) is 0 Å². The lowest BCUT2D eigenvalue weighted by atomic mass is 9.44. The Kier molecular flexibility index (Phi) is 3.52. The van der Waals surface area contributed by atoms with Gasteiger partial charge in [-0.3, -0.25) is 0 Å². The standard InChI is InChI=1S/C18H32O3/c1-15(2)9-6-10-16(3)13(15)7-11-17(4)14(16)8-12-18(5,20-17)21-19/h13-14,19H,6-12H2,1-5H3/t13-,14?,16-,17+,18?/m0/s1. The van der Waals surface area contributed by atoms with Crippen LogP contribution in [0.4, 0.5) is 0 Å². The molecule has 3 nitrogen and oxygen atoms in total. The maximum absolute atomic E-state index is 9.21. The van der Waals surface area contributed by atoms with Gasteiger partial charge in [-0.15, -0.1) is 0 Å². The molecule has 3 heteroatoms. The predicted molar refractivity (Wildman–Crippen MR) is 82.8 cm³/mol. The zero-order valence-corrected chi connectivity index (χ0v) is 14.4. The predicted octanol–water partition coefficient (Wildman–Crippen LogP) is 5.00. The molecular weight excluding hydrogens is 264 g/mol. The summed E-state index contributed by atoms with van der Waals surface area (Å²) >= 11 is 0. The lowest BCUT2D eigenvalue weighted by molar-refractivity contribution is -0.443. The molecule has 0 aromatic carbocycles. The van der Waals surface area contributed by atoms with Crippen LogP contribution in [-0.4, -0.2) is 16.6 Å². The van der Waals surface area contributed by atoms with E-state index in [1.807, 2.05) is 6.92 Å². The molecule has 1 saturated heterocycles. The molecule has 2 unspecified atom stereocenters. The second-order valence-corrected chi connectivity index (χ2v) is 9.17. The summed E-state index contributed by atoms with van der Waals surface area (Å²) in [5, 5.41) is 9.21. The number of hydrogen-bond donors (Lipinski definition) is 1. The van der Waals surface area contributed by atoms with E-state index < -0.39 is 5.79 Å². The van der Waals surface area contributed by atoms with Gasteiger partial charge in [-0.1, -0.05) is 27.2 Å². The Labute approximate surface area is 129 Å².